The number of methoxy groups -OCH3 is 1. The van der Waals surface area contributed by atoms with Crippen LogP contribution in [-0.4, -0.2) is 38.5 Å². The van der Waals surface area contributed by atoms with Crippen LogP contribution in [0.25, 0.3) is 11.1 Å². The monoisotopic (exact) mass is 562 g/mol. The third kappa shape index (κ3) is 7.31. The van der Waals surface area contributed by atoms with Gasteiger partial charge in [0.25, 0.3) is 6.17 Å². The maximum atomic E-state index is 14.8. The van der Waals surface area contributed by atoms with Gasteiger partial charge in [-0.25, -0.2) is 22.0 Å². The van der Waals surface area contributed by atoms with Gasteiger partial charge >= 0.3 is 12.3 Å². The Labute approximate surface area is 211 Å². The van der Waals surface area contributed by atoms with Crippen LogP contribution in [0.1, 0.15) is 37.7 Å². The molecular formula is C25H24F10O3. The number of ether oxygens (including phenoxy) is 3. The molecule has 2 aromatic rings. The summed E-state index contributed by atoms with van der Waals surface area (Å²) in [5.41, 5.74) is -1.37. The first-order valence-corrected chi connectivity index (χ1v) is 11.6. The van der Waals surface area contributed by atoms with Crippen molar-refractivity contribution in [3.8, 4) is 16.9 Å². The van der Waals surface area contributed by atoms with E-state index in [4.69, 9.17) is 9.47 Å². The van der Waals surface area contributed by atoms with Crippen molar-refractivity contribution in [1.29, 1.82) is 0 Å². The van der Waals surface area contributed by atoms with Crippen molar-refractivity contribution in [3.05, 3.63) is 53.1 Å². The van der Waals surface area contributed by atoms with Crippen LogP contribution in [0.15, 0.2) is 24.3 Å². The second kappa shape index (κ2) is 12.1. The van der Waals surface area contributed by atoms with Gasteiger partial charge in [-0.3, -0.25) is 0 Å². The van der Waals surface area contributed by atoms with Crippen LogP contribution in [0, 0.1) is 29.2 Å². The summed E-state index contributed by atoms with van der Waals surface area (Å²) in [6.07, 6.45) is -12.2. The van der Waals surface area contributed by atoms with Gasteiger partial charge in [-0.2, -0.15) is 22.0 Å². The lowest BCUT2D eigenvalue weighted by Gasteiger charge is -2.28. The van der Waals surface area contributed by atoms with Crippen molar-refractivity contribution >= 4 is 0 Å². The maximum Gasteiger partial charge on any atom is 0.439 e. The summed E-state index contributed by atoms with van der Waals surface area (Å²) in [6, 6.07) is 2.33. The molecule has 1 aliphatic rings. The third-order valence-electron chi connectivity index (χ3n) is 6.27. The van der Waals surface area contributed by atoms with Gasteiger partial charge in [0.2, 0.25) is 0 Å². The zero-order chi connectivity index (χ0) is 28.3. The van der Waals surface area contributed by atoms with Crippen LogP contribution < -0.4 is 4.74 Å². The van der Waals surface area contributed by atoms with Gasteiger partial charge in [-0.15, -0.1) is 0 Å². The molecule has 1 aliphatic carbocycles. The molecule has 0 amide bonds. The van der Waals surface area contributed by atoms with Crippen LogP contribution in [0.5, 0.6) is 5.75 Å². The molecule has 1 fully saturated rings. The number of rotatable bonds is 10. The molecule has 1 saturated carbocycles. The van der Waals surface area contributed by atoms with Gasteiger partial charge in [0.1, 0.15) is 18.4 Å². The summed E-state index contributed by atoms with van der Waals surface area (Å²) in [4.78, 5) is 0. The lowest BCUT2D eigenvalue weighted by atomic mass is 9.83. The first kappa shape index (κ1) is 30.0. The van der Waals surface area contributed by atoms with E-state index < -0.39 is 58.6 Å². The Bertz CT molecular complexity index is 1050. The van der Waals surface area contributed by atoms with Crippen molar-refractivity contribution in [1.82, 2.24) is 0 Å². The number of hydrogen-bond donors (Lipinski definition) is 0. The van der Waals surface area contributed by atoms with E-state index in [9.17, 15) is 43.9 Å². The molecule has 38 heavy (non-hydrogen) atoms. The van der Waals surface area contributed by atoms with Crippen molar-refractivity contribution in [2.24, 2.45) is 5.92 Å². The largest absolute Gasteiger partial charge is 0.439 e. The number of alkyl halides is 6. The number of halogens is 10. The molecule has 13 heteroatoms. The number of hydrogen-bond acceptors (Lipinski definition) is 3. The van der Waals surface area contributed by atoms with E-state index in [0.717, 1.165) is 37.8 Å². The molecule has 0 bridgehead atoms. The minimum atomic E-state index is -6.08. The van der Waals surface area contributed by atoms with Gasteiger partial charge in [-0.1, -0.05) is 0 Å². The molecule has 3 nitrogen and oxygen atoms in total. The highest BCUT2D eigenvalue weighted by molar-refractivity contribution is 5.66. The van der Waals surface area contributed by atoms with Crippen LogP contribution >= 0.6 is 0 Å². The molecule has 1 unspecified atom stereocenters. The molecule has 2 aromatic carbocycles. The van der Waals surface area contributed by atoms with Crippen molar-refractivity contribution in [3.63, 3.8) is 0 Å². The highest BCUT2D eigenvalue weighted by Crippen LogP contribution is 2.40. The lowest BCUT2D eigenvalue weighted by Crippen LogP contribution is -2.46. The van der Waals surface area contributed by atoms with E-state index in [2.05, 4.69) is 4.74 Å². The fraction of sp³-hybridized carbons (Fsp3) is 0.520. The number of benzene rings is 2. The molecule has 0 aromatic heterocycles. The summed E-state index contributed by atoms with van der Waals surface area (Å²) in [6.45, 7) is 0.201. The Morgan fingerprint density at radius 2 is 1.39 bits per heavy atom. The van der Waals surface area contributed by atoms with E-state index in [1.807, 2.05) is 0 Å². The van der Waals surface area contributed by atoms with Crippen LogP contribution in [0.2, 0.25) is 0 Å². The van der Waals surface area contributed by atoms with Gasteiger partial charge in [0.05, 0.1) is 11.7 Å². The average Bonchev–Trinajstić information content (AvgIpc) is 2.83. The molecule has 3 rings (SSSR count). The Hall–Kier alpha value is -2.54. The summed E-state index contributed by atoms with van der Waals surface area (Å²) >= 11 is 0. The predicted octanol–water partition coefficient (Wildman–Crippen LogP) is 7.89. The van der Waals surface area contributed by atoms with Crippen molar-refractivity contribution in [2.45, 2.75) is 63.1 Å². The van der Waals surface area contributed by atoms with Gasteiger partial charge < -0.3 is 14.2 Å². The fourth-order valence-corrected chi connectivity index (χ4v) is 4.35. The average molecular weight is 562 g/mol. The van der Waals surface area contributed by atoms with Crippen LogP contribution in [0.4, 0.5) is 43.9 Å². The maximum absolute atomic E-state index is 14.8. The lowest BCUT2D eigenvalue weighted by molar-refractivity contribution is -0.306. The first-order valence-electron chi connectivity index (χ1n) is 11.6. The summed E-state index contributed by atoms with van der Waals surface area (Å²) < 4.78 is 149. The predicted molar refractivity (Wildman–Crippen MR) is 115 cm³/mol. The third-order valence-corrected chi connectivity index (χ3v) is 6.27. The first-order chi connectivity index (χ1) is 17.7. The molecule has 0 radical (unpaired) electrons. The van der Waals surface area contributed by atoms with E-state index in [1.165, 1.54) is 7.11 Å². The minimum Gasteiger partial charge on any atom is -0.424 e. The Morgan fingerprint density at radius 3 is 1.89 bits per heavy atom. The summed E-state index contributed by atoms with van der Waals surface area (Å²) in [7, 11) is 1.53. The topological polar surface area (TPSA) is 27.7 Å². The highest BCUT2D eigenvalue weighted by atomic mass is 19.4. The van der Waals surface area contributed by atoms with Crippen LogP contribution in [-0.2, 0) is 15.9 Å². The Balaban J connectivity index is 1.72. The van der Waals surface area contributed by atoms with Crippen molar-refractivity contribution in [2.75, 3.05) is 13.9 Å². The second-order valence-electron chi connectivity index (χ2n) is 9.03. The highest BCUT2D eigenvalue weighted by Gasteiger charge is 2.59. The Kier molecular flexibility index (Phi) is 9.56. The van der Waals surface area contributed by atoms with Gasteiger partial charge in [-0.05, 0) is 79.8 Å². The van der Waals surface area contributed by atoms with E-state index in [1.54, 1.807) is 0 Å². The standard InChI is InChI=1S/C25H24F10O3/c1-36-12-37-16-6-4-13(5-7-16)2-3-14-8-17(26)21(18(27)9-14)15-10-19(28)22(20(29)11-15)38-25(34,35)23(30)24(31,32)33/h8-11,13,16,23H,2-7,12H2,1H3. The summed E-state index contributed by atoms with van der Waals surface area (Å²) in [5, 5.41) is 0. The van der Waals surface area contributed by atoms with Gasteiger partial charge in [0, 0.05) is 7.11 Å². The molecule has 0 heterocycles. The van der Waals surface area contributed by atoms with E-state index in [-0.39, 0.29) is 30.6 Å². The molecule has 212 valence electrons. The fourth-order valence-electron chi connectivity index (χ4n) is 4.35. The molecule has 1 atom stereocenters. The smallest absolute Gasteiger partial charge is 0.424 e. The normalized spacial score (nSPS) is 19.4. The van der Waals surface area contributed by atoms with Crippen molar-refractivity contribution < 1.29 is 58.1 Å². The molecule has 0 spiro atoms. The second-order valence-corrected chi connectivity index (χ2v) is 9.03. The van der Waals surface area contributed by atoms with Crippen LogP contribution in [0.3, 0.4) is 0 Å². The van der Waals surface area contributed by atoms with E-state index >= 15 is 0 Å². The number of aryl methyl sites for hydroxylation is 1. The summed E-state index contributed by atoms with van der Waals surface area (Å²) in [5.74, 6) is -8.15. The minimum absolute atomic E-state index is 0.0900. The molecular weight excluding hydrogens is 538 g/mol. The quantitative estimate of drug-likeness (QED) is 0.218. The SMILES string of the molecule is COCOC1CCC(CCc2cc(F)c(-c3cc(F)c(OC(F)(F)C(F)C(F)(F)F)c(F)c3)c(F)c2)CC1. The molecule has 0 saturated heterocycles. The zero-order valence-corrected chi connectivity index (χ0v) is 20.0. The molecule has 0 N–H and O–H groups in total. The zero-order valence-electron chi connectivity index (χ0n) is 20.0. The van der Waals surface area contributed by atoms with E-state index in [0.29, 0.717) is 18.8 Å². The Morgan fingerprint density at radius 1 is 0.842 bits per heavy atom. The van der Waals surface area contributed by atoms with Gasteiger partial charge in [0.15, 0.2) is 17.4 Å². The molecule has 0 aliphatic heterocycles.